The van der Waals surface area contributed by atoms with E-state index < -0.39 is 11.7 Å². The van der Waals surface area contributed by atoms with Gasteiger partial charge in [-0.2, -0.15) is 0 Å². The highest BCUT2D eigenvalue weighted by Crippen LogP contribution is 2.37. The maximum Gasteiger partial charge on any atom is 0.296 e. The Morgan fingerprint density at radius 3 is 2.47 bits per heavy atom. The molecule has 4 rings (SSSR count). The Morgan fingerprint density at radius 1 is 1.10 bits per heavy atom. The lowest BCUT2D eigenvalue weighted by Crippen LogP contribution is -2.33. The number of thioether (sulfide) groups is 1. The van der Waals surface area contributed by atoms with E-state index in [0.29, 0.717) is 11.4 Å². The van der Waals surface area contributed by atoms with Crippen LogP contribution in [0.15, 0.2) is 58.2 Å². The first-order valence-electron chi connectivity index (χ1n) is 8.87. The summed E-state index contributed by atoms with van der Waals surface area (Å²) >= 11 is 12.5. The number of nitrogens with zero attached hydrogens (tertiary/aromatic N) is 3. The van der Waals surface area contributed by atoms with E-state index in [9.17, 15) is 14.0 Å². The Morgan fingerprint density at radius 2 is 1.80 bits per heavy atom. The molecule has 0 bridgehead atoms. The summed E-state index contributed by atoms with van der Waals surface area (Å²) in [6, 6.07) is 13.4. The van der Waals surface area contributed by atoms with Crippen LogP contribution in [0.3, 0.4) is 0 Å². The molecule has 0 spiro atoms. The molecule has 0 atom stereocenters. The highest BCUT2D eigenvalue weighted by Gasteiger charge is 2.38. The topological polar surface area (TPSA) is 47.2 Å². The number of thiocarbonyl (C=S) groups is 1. The minimum atomic E-state index is -0.546. The van der Waals surface area contributed by atoms with E-state index in [-0.39, 0.29) is 31.1 Å². The molecular weight excluding hydrogens is 445 g/mol. The number of aromatic nitrogens is 2. The lowest BCUT2D eigenvalue weighted by Gasteiger charge is -2.12. The fraction of sp³-hybridized carbons (Fsp3) is 0.0952. The fourth-order valence-corrected chi connectivity index (χ4v) is 4.72. The van der Waals surface area contributed by atoms with Crippen LogP contribution >= 0.6 is 35.6 Å². The quantitative estimate of drug-likeness (QED) is 0.421. The van der Waals surface area contributed by atoms with E-state index >= 15 is 0 Å². The third-order valence-corrected chi connectivity index (χ3v) is 6.45. The smallest absolute Gasteiger partial charge is 0.283 e. The standard InChI is InChI=1S/C21H15ClFN3O2S2/c1-12-18(20(28)26(24(12)2)13-7-4-3-5-8-13)25-19(27)17(30-21(25)29)11-14-15(22)9-6-10-16(14)23/h3-11H,1-2H3. The Bertz CT molecular complexity index is 1260. The van der Waals surface area contributed by atoms with Crippen LogP contribution in [-0.2, 0) is 11.8 Å². The highest BCUT2D eigenvalue weighted by molar-refractivity contribution is 8.27. The van der Waals surface area contributed by atoms with Crippen LogP contribution in [0.2, 0.25) is 5.02 Å². The molecule has 1 aromatic heterocycles. The molecule has 2 heterocycles. The fourth-order valence-electron chi connectivity index (χ4n) is 3.25. The van der Waals surface area contributed by atoms with Crippen molar-refractivity contribution in [2.24, 2.45) is 7.05 Å². The molecule has 0 radical (unpaired) electrons. The van der Waals surface area contributed by atoms with E-state index in [2.05, 4.69) is 0 Å². The van der Waals surface area contributed by atoms with Crippen LogP contribution < -0.4 is 10.5 Å². The third kappa shape index (κ3) is 3.30. The Balaban J connectivity index is 1.81. The number of para-hydroxylation sites is 1. The molecule has 5 nitrogen and oxygen atoms in total. The number of benzene rings is 2. The van der Waals surface area contributed by atoms with Crippen LogP contribution in [-0.4, -0.2) is 19.6 Å². The summed E-state index contributed by atoms with van der Waals surface area (Å²) in [5, 5.41) is 0.183. The van der Waals surface area contributed by atoms with Gasteiger partial charge in [0.05, 0.1) is 21.3 Å². The molecule has 1 fully saturated rings. The molecule has 0 N–H and O–H groups in total. The summed E-state index contributed by atoms with van der Waals surface area (Å²) in [7, 11) is 1.74. The van der Waals surface area contributed by atoms with Crippen LogP contribution in [0, 0.1) is 12.7 Å². The van der Waals surface area contributed by atoms with Gasteiger partial charge in [-0.3, -0.25) is 19.2 Å². The number of hydrogen-bond acceptors (Lipinski definition) is 4. The zero-order valence-corrected chi connectivity index (χ0v) is 18.3. The van der Waals surface area contributed by atoms with Crippen LogP contribution in [0.4, 0.5) is 10.1 Å². The Kier molecular flexibility index (Phi) is 5.40. The van der Waals surface area contributed by atoms with E-state index in [1.165, 1.54) is 33.9 Å². The number of hydrogen-bond donors (Lipinski definition) is 0. The van der Waals surface area contributed by atoms with Crippen molar-refractivity contribution in [3.8, 4) is 5.69 Å². The molecular formula is C21H15ClFN3O2S2. The maximum absolute atomic E-state index is 14.2. The second kappa shape index (κ2) is 7.86. The first kappa shape index (κ1) is 20.6. The number of rotatable bonds is 3. The molecule has 0 saturated carbocycles. The third-order valence-electron chi connectivity index (χ3n) is 4.82. The number of anilines is 1. The summed E-state index contributed by atoms with van der Waals surface area (Å²) in [6.07, 6.45) is 1.37. The van der Waals surface area contributed by atoms with Crippen molar-refractivity contribution in [1.29, 1.82) is 0 Å². The number of amides is 1. The van der Waals surface area contributed by atoms with Crippen molar-refractivity contribution >= 4 is 57.6 Å². The Hall–Kier alpha value is -2.68. The normalized spacial score (nSPS) is 15.5. The number of carbonyl (C=O) groups excluding carboxylic acids is 1. The zero-order valence-electron chi connectivity index (χ0n) is 15.9. The molecule has 2 aromatic carbocycles. The average molecular weight is 460 g/mol. The molecule has 0 aliphatic carbocycles. The first-order chi connectivity index (χ1) is 14.3. The summed E-state index contributed by atoms with van der Waals surface area (Å²) in [5.41, 5.74) is 1.14. The molecule has 9 heteroatoms. The van der Waals surface area contributed by atoms with Crippen molar-refractivity contribution in [1.82, 2.24) is 9.36 Å². The summed E-state index contributed by atoms with van der Waals surface area (Å²) in [6.45, 7) is 1.74. The van der Waals surface area contributed by atoms with Gasteiger partial charge >= 0.3 is 0 Å². The minimum Gasteiger partial charge on any atom is -0.283 e. The summed E-state index contributed by atoms with van der Waals surface area (Å²) < 4.78 is 17.5. The van der Waals surface area contributed by atoms with Crippen molar-refractivity contribution in [3.63, 3.8) is 0 Å². The molecule has 1 aliphatic rings. The van der Waals surface area contributed by atoms with Crippen molar-refractivity contribution in [2.45, 2.75) is 6.92 Å². The Labute approximate surface area is 186 Å². The van der Waals surface area contributed by atoms with Crippen molar-refractivity contribution in [2.75, 3.05) is 4.90 Å². The van der Waals surface area contributed by atoms with Gasteiger partial charge in [0.1, 0.15) is 11.5 Å². The molecule has 1 aliphatic heterocycles. The zero-order chi connectivity index (χ0) is 21.6. The van der Waals surface area contributed by atoms with E-state index in [1.807, 2.05) is 18.2 Å². The van der Waals surface area contributed by atoms with Gasteiger partial charge in [0.15, 0.2) is 4.32 Å². The maximum atomic E-state index is 14.2. The molecule has 3 aromatic rings. The lowest BCUT2D eigenvalue weighted by atomic mass is 10.2. The lowest BCUT2D eigenvalue weighted by molar-refractivity contribution is -0.113. The van der Waals surface area contributed by atoms with E-state index in [1.54, 1.807) is 30.8 Å². The SMILES string of the molecule is Cc1c(N2C(=O)C(=Cc3c(F)cccc3Cl)SC2=S)c(=O)n(-c2ccccc2)n1C. The predicted molar refractivity (Wildman–Crippen MR) is 123 cm³/mol. The van der Waals surface area contributed by atoms with Gasteiger partial charge in [0.25, 0.3) is 11.5 Å². The van der Waals surface area contributed by atoms with E-state index in [4.69, 9.17) is 23.8 Å². The summed E-state index contributed by atoms with van der Waals surface area (Å²) in [5.74, 6) is -1.04. The highest BCUT2D eigenvalue weighted by atomic mass is 35.5. The van der Waals surface area contributed by atoms with Gasteiger partial charge in [-0.25, -0.2) is 9.07 Å². The second-order valence-electron chi connectivity index (χ2n) is 6.56. The monoisotopic (exact) mass is 459 g/mol. The summed E-state index contributed by atoms with van der Waals surface area (Å²) in [4.78, 5) is 27.8. The van der Waals surface area contributed by atoms with Crippen molar-refractivity contribution in [3.05, 3.63) is 85.9 Å². The van der Waals surface area contributed by atoms with Crippen LogP contribution in [0.5, 0.6) is 0 Å². The predicted octanol–water partition coefficient (Wildman–Crippen LogP) is 4.68. The van der Waals surface area contributed by atoms with Crippen molar-refractivity contribution < 1.29 is 9.18 Å². The van der Waals surface area contributed by atoms with Gasteiger partial charge in [-0.15, -0.1) is 0 Å². The number of carbonyl (C=O) groups is 1. The van der Waals surface area contributed by atoms with Gasteiger partial charge in [-0.05, 0) is 37.3 Å². The number of halogens is 2. The van der Waals surface area contributed by atoms with Gasteiger partial charge < -0.3 is 0 Å². The molecule has 152 valence electrons. The molecule has 1 amide bonds. The first-order valence-corrected chi connectivity index (χ1v) is 10.5. The minimum absolute atomic E-state index is 0.103. The molecule has 1 saturated heterocycles. The largest absolute Gasteiger partial charge is 0.296 e. The van der Waals surface area contributed by atoms with Gasteiger partial charge in [0, 0.05) is 12.6 Å². The van der Waals surface area contributed by atoms with Crippen LogP contribution in [0.1, 0.15) is 11.3 Å². The van der Waals surface area contributed by atoms with Gasteiger partial charge in [-0.1, -0.05) is 59.8 Å². The van der Waals surface area contributed by atoms with Crippen LogP contribution in [0.25, 0.3) is 11.8 Å². The van der Waals surface area contributed by atoms with E-state index in [0.717, 1.165) is 11.8 Å². The van der Waals surface area contributed by atoms with Gasteiger partial charge in [0.2, 0.25) is 0 Å². The molecule has 30 heavy (non-hydrogen) atoms. The average Bonchev–Trinajstić information content (AvgIpc) is 3.11. The second-order valence-corrected chi connectivity index (χ2v) is 8.65. The molecule has 0 unspecified atom stereocenters.